The fourth-order valence-electron chi connectivity index (χ4n) is 0.547. The van der Waals surface area contributed by atoms with Crippen LogP contribution < -0.4 is 0 Å². The van der Waals surface area contributed by atoms with Gasteiger partial charge in [-0.1, -0.05) is 11.6 Å². The van der Waals surface area contributed by atoms with Gasteiger partial charge in [0.05, 0.1) is 12.9 Å². The summed E-state index contributed by atoms with van der Waals surface area (Å²) < 4.78 is 25.4. The predicted molar refractivity (Wildman–Crippen MR) is 44.8 cm³/mol. The van der Waals surface area contributed by atoms with Crippen LogP contribution in [0.3, 0.4) is 0 Å². The molecule has 0 aliphatic heterocycles. The van der Waals surface area contributed by atoms with E-state index in [1.54, 1.807) is 0 Å². The molecule has 4 heteroatoms. The van der Waals surface area contributed by atoms with Gasteiger partial charge in [0, 0.05) is 0 Å². The molecule has 0 aliphatic rings. The first-order valence-electron chi connectivity index (χ1n) is 3.39. The predicted octanol–water partition coefficient (Wildman–Crippen LogP) is 1.32. The fourth-order valence-corrected chi connectivity index (χ4v) is 0.946. The first kappa shape index (κ1) is 10.7. The summed E-state index contributed by atoms with van der Waals surface area (Å²) in [4.78, 5) is 0. The zero-order valence-corrected chi connectivity index (χ0v) is 7.94. The Morgan fingerprint density at radius 1 is 1.45 bits per heavy atom. The van der Waals surface area contributed by atoms with E-state index in [-0.39, 0.29) is 6.61 Å². The van der Waals surface area contributed by atoms with Crippen molar-refractivity contribution in [2.45, 2.75) is 20.3 Å². The number of rotatable bonds is 4. The lowest BCUT2D eigenvalue weighted by molar-refractivity contribution is 0.328. The van der Waals surface area contributed by atoms with Crippen LogP contribution in [0.15, 0.2) is 11.6 Å². The second kappa shape index (κ2) is 4.51. The average molecular weight is 178 g/mol. The summed E-state index contributed by atoms with van der Waals surface area (Å²) >= 11 is 0. The normalized spacial score (nSPS) is 11.2. The average Bonchev–Trinajstić information content (AvgIpc) is 1.78. The third-order valence-electron chi connectivity index (χ3n) is 0.968. The minimum atomic E-state index is -3.25. The van der Waals surface area contributed by atoms with E-state index in [9.17, 15) is 8.42 Å². The zero-order valence-electron chi connectivity index (χ0n) is 7.12. The van der Waals surface area contributed by atoms with Gasteiger partial charge in [0.1, 0.15) is 0 Å². The van der Waals surface area contributed by atoms with Gasteiger partial charge in [-0.25, -0.2) is 0 Å². The molecule has 0 radical (unpaired) electrons. The molecule has 0 spiro atoms. The van der Waals surface area contributed by atoms with Gasteiger partial charge in [0.2, 0.25) is 0 Å². The third-order valence-corrected chi connectivity index (χ3v) is 1.56. The monoisotopic (exact) mass is 178 g/mol. The Morgan fingerprint density at radius 3 is 2.36 bits per heavy atom. The van der Waals surface area contributed by atoms with Gasteiger partial charge in [-0.2, -0.15) is 8.42 Å². The minimum Gasteiger partial charge on any atom is -0.270 e. The van der Waals surface area contributed by atoms with Crippen LogP contribution >= 0.6 is 0 Å². The van der Waals surface area contributed by atoms with E-state index in [1.165, 1.54) is 5.57 Å². The van der Waals surface area contributed by atoms with E-state index < -0.39 is 10.1 Å². The number of hydrogen-bond donors (Lipinski definition) is 0. The molecule has 0 bridgehead atoms. The van der Waals surface area contributed by atoms with Crippen molar-refractivity contribution in [1.82, 2.24) is 0 Å². The molecule has 0 rings (SSSR count). The maximum atomic E-state index is 10.4. The van der Waals surface area contributed by atoms with Crippen molar-refractivity contribution in [2.24, 2.45) is 0 Å². The summed E-state index contributed by atoms with van der Waals surface area (Å²) in [6, 6.07) is 0. The van der Waals surface area contributed by atoms with E-state index >= 15 is 0 Å². The number of allylic oxidation sites excluding steroid dienone is 1. The lowest BCUT2D eigenvalue weighted by atomic mass is 10.3. The molecule has 0 saturated carbocycles. The van der Waals surface area contributed by atoms with E-state index in [0.717, 1.165) is 6.26 Å². The summed E-state index contributed by atoms with van der Waals surface area (Å²) in [5, 5.41) is 0. The SMILES string of the molecule is CC(C)=CCCOS(C)(=O)=O. The van der Waals surface area contributed by atoms with Crippen LogP contribution in [0.5, 0.6) is 0 Å². The molecule has 0 N–H and O–H groups in total. The van der Waals surface area contributed by atoms with Crippen LogP contribution in [-0.2, 0) is 14.3 Å². The van der Waals surface area contributed by atoms with Crippen LogP contribution in [0, 0.1) is 0 Å². The standard InChI is InChI=1S/C7H14O3S/c1-7(2)5-4-6-10-11(3,8)9/h5H,4,6H2,1-3H3. The highest BCUT2D eigenvalue weighted by Crippen LogP contribution is 1.95. The van der Waals surface area contributed by atoms with E-state index in [0.29, 0.717) is 6.42 Å². The Labute approximate surface area is 68.2 Å². The van der Waals surface area contributed by atoms with Crippen molar-refractivity contribution >= 4 is 10.1 Å². The molecule has 0 heterocycles. The highest BCUT2D eigenvalue weighted by molar-refractivity contribution is 7.85. The van der Waals surface area contributed by atoms with Gasteiger partial charge in [-0.15, -0.1) is 0 Å². The van der Waals surface area contributed by atoms with E-state index in [2.05, 4.69) is 4.18 Å². The molecule has 0 aromatic rings. The Morgan fingerprint density at radius 2 is 2.00 bits per heavy atom. The summed E-state index contributed by atoms with van der Waals surface area (Å²) in [5.74, 6) is 0. The van der Waals surface area contributed by atoms with Crippen LogP contribution in [0.1, 0.15) is 20.3 Å². The van der Waals surface area contributed by atoms with Gasteiger partial charge >= 0.3 is 0 Å². The van der Waals surface area contributed by atoms with Gasteiger partial charge in [0.15, 0.2) is 0 Å². The van der Waals surface area contributed by atoms with Crippen molar-refractivity contribution in [3.63, 3.8) is 0 Å². The maximum absolute atomic E-state index is 10.4. The van der Waals surface area contributed by atoms with Crippen molar-refractivity contribution < 1.29 is 12.6 Å². The molecule has 0 atom stereocenters. The van der Waals surface area contributed by atoms with Crippen LogP contribution in [-0.4, -0.2) is 21.3 Å². The fraction of sp³-hybridized carbons (Fsp3) is 0.714. The van der Waals surface area contributed by atoms with Gasteiger partial charge < -0.3 is 0 Å². The second-order valence-corrected chi connectivity index (χ2v) is 4.24. The van der Waals surface area contributed by atoms with Gasteiger partial charge in [-0.3, -0.25) is 4.18 Å². The van der Waals surface area contributed by atoms with Crippen LogP contribution in [0.2, 0.25) is 0 Å². The van der Waals surface area contributed by atoms with Gasteiger partial charge in [0.25, 0.3) is 10.1 Å². The zero-order chi connectivity index (χ0) is 8.91. The first-order valence-corrected chi connectivity index (χ1v) is 5.21. The van der Waals surface area contributed by atoms with Crippen molar-refractivity contribution in [3.05, 3.63) is 11.6 Å². The summed E-state index contributed by atoms with van der Waals surface area (Å²) in [6.07, 6.45) is 3.64. The highest BCUT2D eigenvalue weighted by Gasteiger charge is 1.98. The van der Waals surface area contributed by atoms with E-state index in [4.69, 9.17) is 0 Å². The molecular formula is C7H14O3S. The van der Waals surface area contributed by atoms with Crippen molar-refractivity contribution in [1.29, 1.82) is 0 Å². The summed E-state index contributed by atoms with van der Waals surface area (Å²) in [6.45, 7) is 4.16. The van der Waals surface area contributed by atoms with Gasteiger partial charge in [-0.05, 0) is 20.3 Å². The summed E-state index contributed by atoms with van der Waals surface area (Å²) in [7, 11) is -3.25. The molecule has 0 saturated heterocycles. The van der Waals surface area contributed by atoms with Crippen LogP contribution in [0.25, 0.3) is 0 Å². The lowest BCUT2D eigenvalue weighted by Gasteiger charge is -1.96. The second-order valence-electron chi connectivity index (χ2n) is 2.60. The molecule has 66 valence electrons. The Balaban J connectivity index is 3.53. The molecule has 0 aromatic heterocycles. The molecule has 0 amide bonds. The Bertz CT molecular complexity index is 222. The van der Waals surface area contributed by atoms with E-state index in [1.807, 2.05) is 19.9 Å². The Kier molecular flexibility index (Phi) is 4.37. The van der Waals surface area contributed by atoms with Crippen molar-refractivity contribution in [3.8, 4) is 0 Å². The first-order chi connectivity index (χ1) is 4.92. The summed E-state index contributed by atoms with van der Waals surface area (Å²) in [5.41, 5.74) is 1.17. The molecule has 0 aliphatic carbocycles. The molecule has 3 nitrogen and oxygen atoms in total. The molecule has 11 heavy (non-hydrogen) atoms. The third kappa shape index (κ3) is 9.65. The molecule has 0 fully saturated rings. The topological polar surface area (TPSA) is 43.4 Å². The molecular weight excluding hydrogens is 164 g/mol. The van der Waals surface area contributed by atoms with Crippen LogP contribution in [0.4, 0.5) is 0 Å². The maximum Gasteiger partial charge on any atom is 0.264 e. The molecule has 0 unspecified atom stereocenters. The number of hydrogen-bond acceptors (Lipinski definition) is 3. The highest BCUT2D eigenvalue weighted by atomic mass is 32.2. The lowest BCUT2D eigenvalue weighted by Crippen LogP contribution is -2.03. The largest absolute Gasteiger partial charge is 0.270 e. The quantitative estimate of drug-likeness (QED) is 0.370. The smallest absolute Gasteiger partial charge is 0.264 e. The van der Waals surface area contributed by atoms with Crippen molar-refractivity contribution in [2.75, 3.05) is 12.9 Å². The molecule has 0 aromatic carbocycles. The minimum absolute atomic E-state index is 0.240. The Hall–Kier alpha value is -0.350.